The van der Waals surface area contributed by atoms with Crippen molar-refractivity contribution in [3.8, 4) is 0 Å². The number of hydrogen-bond donors (Lipinski definition) is 0. The molecule has 3 aromatic carbocycles. The van der Waals surface area contributed by atoms with Gasteiger partial charge in [-0.3, -0.25) is 0 Å². The summed E-state index contributed by atoms with van der Waals surface area (Å²) in [4.78, 5) is 0. The standard InChI is InChI=1S/C17H12S/c1-11-10-16-15(14-5-3-2-4-13(11)14)7-6-12-8-9-18-17(12)16/h2-10H,1H3. The van der Waals surface area contributed by atoms with Crippen LogP contribution in [-0.2, 0) is 0 Å². The predicted molar refractivity (Wildman–Crippen MR) is 81.6 cm³/mol. The van der Waals surface area contributed by atoms with Gasteiger partial charge in [0.05, 0.1) is 0 Å². The smallest absolute Gasteiger partial charge is 0.0421 e. The zero-order valence-corrected chi connectivity index (χ0v) is 10.9. The normalized spacial score (nSPS) is 11.6. The van der Waals surface area contributed by atoms with Crippen LogP contribution in [0.25, 0.3) is 31.6 Å². The summed E-state index contributed by atoms with van der Waals surface area (Å²) in [7, 11) is 0. The number of hydrogen-bond acceptors (Lipinski definition) is 1. The SMILES string of the molecule is Cc1cc2c(ccc3ccsc32)c2ccccc12. The fourth-order valence-corrected chi connectivity index (χ4v) is 3.71. The van der Waals surface area contributed by atoms with Crippen molar-refractivity contribution in [2.24, 2.45) is 0 Å². The van der Waals surface area contributed by atoms with Gasteiger partial charge in [-0.15, -0.1) is 11.3 Å². The minimum atomic E-state index is 1.35. The first-order valence-corrected chi connectivity index (χ1v) is 7.01. The molecule has 4 aromatic rings. The molecule has 0 spiro atoms. The molecule has 18 heavy (non-hydrogen) atoms. The molecular formula is C17H12S. The molecule has 0 saturated carbocycles. The van der Waals surface area contributed by atoms with Gasteiger partial charge in [-0.1, -0.05) is 36.4 Å². The highest BCUT2D eigenvalue weighted by atomic mass is 32.1. The largest absolute Gasteiger partial charge is 0.143 e. The van der Waals surface area contributed by atoms with Crippen molar-refractivity contribution < 1.29 is 0 Å². The van der Waals surface area contributed by atoms with Gasteiger partial charge in [-0.05, 0) is 51.5 Å². The molecule has 0 amide bonds. The van der Waals surface area contributed by atoms with E-state index >= 15 is 0 Å². The van der Waals surface area contributed by atoms with Crippen LogP contribution < -0.4 is 0 Å². The van der Waals surface area contributed by atoms with E-state index in [1.165, 1.54) is 37.2 Å². The summed E-state index contributed by atoms with van der Waals surface area (Å²) in [6, 6.07) is 17.7. The summed E-state index contributed by atoms with van der Waals surface area (Å²) >= 11 is 1.83. The first-order valence-electron chi connectivity index (χ1n) is 6.13. The van der Waals surface area contributed by atoms with Crippen LogP contribution in [-0.4, -0.2) is 0 Å². The molecule has 0 atom stereocenters. The third-order valence-corrected chi connectivity index (χ3v) is 4.63. The molecule has 0 bridgehead atoms. The Labute approximate surface area is 109 Å². The Bertz CT molecular complexity index is 884. The molecule has 0 fully saturated rings. The highest BCUT2D eigenvalue weighted by molar-refractivity contribution is 7.18. The van der Waals surface area contributed by atoms with E-state index in [1.54, 1.807) is 0 Å². The van der Waals surface area contributed by atoms with Crippen LogP contribution in [0.4, 0.5) is 0 Å². The maximum absolute atomic E-state index is 2.33. The Morgan fingerprint density at radius 3 is 2.44 bits per heavy atom. The van der Waals surface area contributed by atoms with Crippen LogP contribution >= 0.6 is 11.3 Å². The van der Waals surface area contributed by atoms with Crippen molar-refractivity contribution in [3.05, 3.63) is 59.5 Å². The molecule has 0 nitrogen and oxygen atoms in total. The van der Waals surface area contributed by atoms with Crippen molar-refractivity contribution in [3.63, 3.8) is 0 Å². The molecule has 86 valence electrons. The van der Waals surface area contributed by atoms with Crippen LogP contribution in [0.1, 0.15) is 5.56 Å². The van der Waals surface area contributed by atoms with Gasteiger partial charge in [0, 0.05) is 10.1 Å². The number of benzene rings is 3. The number of aryl methyl sites for hydroxylation is 1. The zero-order chi connectivity index (χ0) is 12.1. The van der Waals surface area contributed by atoms with E-state index in [1.807, 2.05) is 11.3 Å². The summed E-state index contributed by atoms with van der Waals surface area (Å²) < 4.78 is 1.40. The molecule has 0 aliphatic rings. The molecule has 4 rings (SSSR count). The monoisotopic (exact) mass is 248 g/mol. The van der Waals surface area contributed by atoms with E-state index in [2.05, 4.69) is 60.8 Å². The van der Waals surface area contributed by atoms with Gasteiger partial charge in [0.15, 0.2) is 0 Å². The third kappa shape index (κ3) is 1.25. The van der Waals surface area contributed by atoms with Crippen LogP contribution in [0, 0.1) is 6.92 Å². The molecule has 1 heteroatoms. The van der Waals surface area contributed by atoms with Gasteiger partial charge in [-0.2, -0.15) is 0 Å². The quantitative estimate of drug-likeness (QED) is 0.360. The Morgan fingerprint density at radius 1 is 0.778 bits per heavy atom. The van der Waals surface area contributed by atoms with E-state index in [-0.39, 0.29) is 0 Å². The van der Waals surface area contributed by atoms with Crippen molar-refractivity contribution in [1.82, 2.24) is 0 Å². The lowest BCUT2D eigenvalue weighted by Crippen LogP contribution is -1.82. The van der Waals surface area contributed by atoms with E-state index in [9.17, 15) is 0 Å². The van der Waals surface area contributed by atoms with E-state index in [4.69, 9.17) is 0 Å². The lowest BCUT2D eigenvalue weighted by Gasteiger charge is -2.08. The van der Waals surface area contributed by atoms with Crippen molar-refractivity contribution >= 4 is 43.0 Å². The predicted octanol–water partition coefficient (Wildman–Crippen LogP) is 5.52. The number of thiophene rings is 1. The first-order chi connectivity index (χ1) is 8.84. The van der Waals surface area contributed by atoms with E-state index in [0.717, 1.165) is 0 Å². The van der Waals surface area contributed by atoms with Gasteiger partial charge < -0.3 is 0 Å². The maximum Gasteiger partial charge on any atom is 0.0421 e. The molecule has 1 heterocycles. The second-order valence-corrected chi connectivity index (χ2v) is 5.65. The minimum absolute atomic E-state index is 1.35. The second-order valence-electron chi connectivity index (χ2n) is 4.74. The van der Waals surface area contributed by atoms with Crippen molar-refractivity contribution in [2.75, 3.05) is 0 Å². The van der Waals surface area contributed by atoms with E-state index in [0.29, 0.717) is 0 Å². The number of fused-ring (bicyclic) bond motifs is 5. The molecule has 0 radical (unpaired) electrons. The second kappa shape index (κ2) is 3.56. The molecule has 0 aliphatic heterocycles. The summed E-state index contributed by atoms with van der Waals surface area (Å²) in [5.74, 6) is 0. The third-order valence-electron chi connectivity index (χ3n) is 3.66. The highest BCUT2D eigenvalue weighted by Gasteiger charge is 2.07. The van der Waals surface area contributed by atoms with Gasteiger partial charge >= 0.3 is 0 Å². The number of rotatable bonds is 0. The van der Waals surface area contributed by atoms with Crippen LogP contribution in [0.2, 0.25) is 0 Å². The summed E-state index contributed by atoms with van der Waals surface area (Å²) in [5.41, 5.74) is 1.36. The van der Waals surface area contributed by atoms with Crippen molar-refractivity contribution in [1.29, 1.82) is 0 Å². The minimum Gasteiger partial charge on any atom is -0.143 e. The molecule has 0 aliphatic carbocycles. The van der Waals surface area contributed by atoms with Gasteiger partial charge in [0.25, 0.3) is 0 Å². The fourth-order valence-electron chi connectivity index (χ4n) is 2.79. The average molecular weight is 248 g/mol. The highest BCUT2D eigenvalue weighted by Crippen LogP contribution is 2.35. The Kier molecular flexibility index (Phi) is 2.00. The first kappa shape index (κ1) is 10.1. The van der Waals surface area contributed by atoms with Gasteiger partial charge in [0.2, 0.25) is 0 Å². The Balaban J connectivity index is 2.36. The van der Waals surface area contributed by atoms with Crippen LogP contribution in [0.15, 0.2) is 53.9 Å². The summed E-state index contributed by atoms with van der Waals surface area (Å²) in [5, 5.41) is 9.00. The zero-order valence-electron chi connectivity index (χ0n) is 10.1. The lowest BCUT2D eigenvalue weighted by molar-refractivity contribution is 1.56. The topological polar surface area (TPSA) is 0 Å². The maximum atomic E-state index is 2.33. The molecule has 0 N–H and O–H groups in total. The molecular weight excluding hydrogens is 236 g/mol. The van der Waals surface area contributed by atoms with Crippen molar-refractivity contribution in [2.45, 2.75) is 6.92 Å². The molecule has 1 aromatic heterocycles. The Morgan fingerprint density at radius 2 is 1.56 bits per heavy atom. The summed E-state index contributed by atoms with van der Waals surface area (Å²) in [6.45, 7) is 2.20. The molecule has 0 saturated heterocycles. The van der Waals surface area contributed by atoms with Gasteiger partial charge in [0.1, 0.15) is 0 Å². The van der Waals surface area contributed by atoms with Crippen LogP contribution in [0.3, 0.4) is 0 Å². The van der Waals surface area contributed by atoms with Gasteiger partial charge in [-0.25, -0.2) is 0 Å². The Hall–Kier alpha value is -1.86. The fraction of sp³-hybridized carbons (Fsp3) is 0.0588. The lowest BCUT2D eigenvalue weighted by atomic mass is 9.97. The van der Waals surface area contributed by atoms with Crippen LogP contribution in [0.5, 0.6) is 0 Å². The van der Waals surface area contributed by atoms with E-state index < -0.39 is 0 Å². The average Bonchev–Trinajstić information content (AvgIpc) is 2.88. The summed E-state index contributed by atoms with van der Waals surface area (Å²) in [6.07, 6.45) is 0. The molecule has 0 unspecified atom stereocenters.